The molecule has 6 heteroatoms. The van der Waals surface area contributed by atoms with E-state index in [1.807, 2.05) is 19.1 Å². The number of hydrogen-bond donors (Lipinski definition) is 2. The largest absolute Gasteiger partial charge is 0.459 e. The van der Waals surface area contributed by atoms with Crippen molar-refractivity contribution >= 4 is 17.2 Å². The van der Waals surface area contributed by atoms with Crippen molar-refractivity contribution < 1.29 is 9.21 Å². The van der Waals surface area contributed by atoms with Crippen molar-refractivity contribution in [1.82, 2.24) is 15.6 Å². The molecule has 21 heavy (non-hydrogen) atoms. The van der Waals surface area contributed by atoms with Crippen LogP contribution in [-0.4, -0.2) is 29.5 Å². The highest BCUT2D eigenvalue weighted by atomic mass is 32.1. The highest BCUT2D eigenvalue weighted by Gasteiger charge is 2.22. The molecular formula is C15H19N3O2S. The highest BCUT2D eigenvalue weighted by Crippen LogP contribution is 2.25. The third kappa shape index (κ3) is 3.33. The molecule has 0 aliphatic carbocycles. The van der Waals surface area contributed by atoms with Crippen molar-refractivity contribution in [2.75, 3.05) is 6.54 Å². The van der Waals surface area contributed by atoms with Gasteiger partial charge in [-0.25, -0.2) is 4.98 Å². The van der Waals surface area contributed by atoms with Crippen LogP contribution in [0.5, 0.6) is 0 Å². The molecule has 112 valence electrons. The van der Waals surface area contributed by atoms with E-state index in [4.69, 9.17) is 4.42 Å². The van der Waals surface area contributed by atoms with E-state index < -0.39 is 0 Å². The van der Waals surface area contributed by atoms with Gasteiger partial charge in [-0.15, -0.1) is 11.3 Å². The number of hydrogen-bond acceptors (Lipinski definition) is 5. The SMILES string of the molecule is Cc1ccc(-c2nc(C(=O)NC3CCNC(C)C3)cs2)o1. The van der Waals surface area contributed by atoms with Gasteiger partial charge in [0.2, 0.25) is 0 Å². The van der Waals surface area contributed by atoms with E-state index in [-0.39, 0.29) is 11.9 Å². The first-order valence-electron chi connectivity index (χ1n) is 7.18. The van der Waals surface area contributed by atoms with Crippen molar-refractivity contribution in [1.29, 1.82) is 0 Å². The van der Waals surface area contributed by atoms with Crippen LogP contribution in [0.3, 0.4) is 0 Å². The zero-order chi connectivity index (χ0) is 14.8. The van der Waals surface area contributed by atoms with Gasteiger partial charge in [0.1, 0.15) is 11.5 Å². The molecule has 2 N–H and O–H groups in total. The number of nitrogens with zero attached hydrogens (tertiary/aromatic N) is 1. The normalized spacial score (nSPS) is 22.2. The minimum absolute atomic E-state index is 0.0973. The average Bonchev–Trinajstić information content (AvgIpc) is 3.07. The monoisotopic (exact) mass is 305 g/mol. The maximum absolute atomic E-state index is 12.3. The Morgan fingerprint density at radius 1 is 1.52 bits per heavy atom. The minimum Gasteiger partial charge on any atom is -0.459 e. The van der Waals surface area contributed by atoms with Gasteiger partial charge in [-0.3, -0.25) is 4.79 Å². The van der Waals surface area contributed by atoms with Crippen LogP contribution in [0.15, 0.2) is 21.9 Å². The van der Waals surface area contributed by atoms with Gasteiger partial charge in [-0.2, -0.15) is 0 Å². The van der Waals surface area contributed by atoms with Crippen LogP contribution in [0.4, 0.5) is 0 Å². The van der Waals surface area contributed by atoms with E-state index in [2.05, 4.69) is 22.5 Å². The molecule has 5 nitrogen and oxygen atoms in total. The van der Waals surface area contributed by atoms with Gasteiger partial charge in [-0.05, 0) is 45.4 Å². The molecule has 1 aliphatic rings. The number of carbonyl (C=O) groups excluding carboxylic acids is 1. The number of carbonyl (C=O) groups is 1. The first kappa shape index (κ1) is 14.3. The molecule has 3 heterocycles. The summed E-state index contributed by atoms with van der Waals surface area (Å²) in [4.78, 5) is 16.6. The Morgan fingerprint density at radius 3 is 3.10 bits per heavy atom. The first-order chi connectivity index (χ1) is 10.1. The Hall–Kier alpha value is -1.66. The van der Waals surface area contributed by atoms with Gasteiger partial charge in [0.15, 0.2) is 10.8 Å². The van der Waals surface area contributed by atoms with E-state index in [0.29, 0.717) is 17.5 Å². The number of nitrogens with one attached hydrogen (secondary N) is 2. The van der Waals surface area contributed by atoms with Gasteiger partial charge in [0.25, 0.3) is 5.91 Å². The van der Waals surface area contributed by atoms with Crippen LogP contribution in [0.25, 0.3) is 10.8 Å². The van der Waals surface area contributed by atoms with Crippen molar-refractivity contribution in [2.24, 2.45) is 0 Å². The van der Waals surface area contributed by atoms with Crippen LogP contribution in [-0.2, 0) is 0 Å². The predicted molar refractivity (Wildman–Crippen MR) is 82.5 cm³/mol. The van der Waals surface area contributed by atoms with Crippen molar-refractivity contribution in [3.8, 4) is 10.8 Å². The molecule has 3 rings (SSSR count). The van der Waals surface area contributed by atoms with E-state index in [9.17, 15) is 4.79 Å². The Kier molecular flexibility index (Phi) is 4.07. The lowest BCUT2D eigenvalue weighted by atomic mass is 10.0. The lowest BCUT2D eigenvalue weighted by Crippen LogP contribution is -2.46. The van der Waals surface area contributed by atoms with Gasteiger partial charge in [0, 0.05) is 17.5 Å². The fraction of sp³-hybridized carbons (Fsp3) is 0.467. The summed E-state index contributed by atoms with van der Waals surface area (Å²) in [6.45, 7) is 4.97. The standard InChI is InChI=1S/C15H19N3O2S/c1-9-7-11(5-6-16-9)17-14(19)12-8-21-15(18-12)13-4-3-10(2)20-13/h3-4,8-9,11,16H,5-7H2,1-2H3,(H,17,19). The Labute approximate surface area is 127 Å². The summed E-state index contributed by atoms with van der Waals surface area (Å²) < 4.78 is 5.53. The zero-order valence-corrected chi connectivity index (χ0v) is 13.0. The number of piperidine rings is 1. The molecule has 2 aromatic rings. The molecule has 0 radical (unpaired) electrons. The van der Waals surface area contributed by atoms with Crippen LogP contribution in [0, 0.1) is 6.92 Å². The number of thiazole rings is 1. The fourth-order valence-corrected chi connectivity index (χ4v) is 3.32. The van der Waals surface area contributed by atoms with Gasteiger partial charge >= 0.3 is 0 Å². The van der Waals surface area contributed by atoms with E-state index in [1.54, 1.807) is 5.38 Å². The highest BCUT2D eigenvalue weighted by molar-refractivity contribution is 7.13. The molecular weight excluding hydrogens is 286 g/mol. The molecule has 0 bridgehead atoms. The quantitative estimate of drug-likeness (QED) is 0.914. The summed E-state index contributed by atoms with van der Waals surface area (Å²) in [7, 11) is 0. The topological polar surface area (TPSA) is 67.2 Å². The van der Waals surface area contributed by atoms with E-state index in [0.717, 1.165) is 30.2 Å². The molecule has 0 saturated carbocycles. The zero-order valence-electron chi connectivity index (χ0n) is 12.2. The maximum Gasteiger partial charge on any atom is 0.270 e. The molecule has 1 fully saturated rings. The van der Waals surface area contributed by atoms with E-state index >= 15 is 0 Å². The number of aryl methyl sites for hydroxylation is 1. The second-order valence-corrected chi connectivity index (χ2v) is 6.36. The summed E-state index contributed by atoms with van der Waals surface area (Å²) in [6.07, 6.45) is 1.92. The minimum atomic E-state index is -0.0973. The van der Waals surface area contributed by atoms with Crippen molar-refractivity contribution in [3.05, 3.63) is 29.0 Å². The number of furan rings is 1. The molecule has 0 spiro atoms. The van der Waals surface area contributed by atoms with Gasteiger partial charge in [0.05, 0.1) is 0 Å². The maximum atomic E-state index is 12.3. The van der Waals surface area contributed by atoms with Gasteiger partial charge < -0.3 is 15.1 Å². The molecule has 2 unspecified atom stereocenters. The van der Waals surface area contributed by atoms with Gasteiger partial charge in [-0.1, -0.05) is 0 Å². The Balaban J connectivity index is 1.66. The Morgan fingerprint density at radius 2 is 2.38 bits per heavy atom. The van der Waals surface area contributed by atoms with Crippen LogP contribution >= 0.6 is 11.3 Å². The van der Waals surface area contributed by atoms with E-state index in [1.165, 1.54) is 11.3 Å². The fourth-order valence-electron chi connectivity index (χ4n) is 2.56. The van der Waals surface area contributed by atoms with Crippen molar-refractivity contribution in [2.45, 2.75) is 38.8 Å². The summed E-state index contributed by atoms with van der Waals surface area (Å²) >= 11 is 1.43. The van der Waals surface area contributed by atoms with Crippen LogP contribution in [0.1, 0.15) is 36.0 Å². The second-order valence-electron chi connectivity index (χ2n) is 5.50. The number of rotatable bonds is 3. The predicted octanol–water partition coefficient (Wildman–Crippen LogP) is 2.58. The number of aromatic nitrogens is 1. The van der Waals surface area contributed by atoms with Crippen LogP contribution in [0.2, 0.25) is 0 Å². The summed E-state index contributed by atoms with van der Waals surface area (Å²) in [5.74, 6) is 1.46. The lowest BCUT2D eigenvalue weighted by molar-refractivity contribution is 0.0921. The molecule has 1 saturated heterocycles. The molecule has 0 aromatic carbocycles. The molecule has 1 amide bonds. The summed E-state index contributed by atoms with van der Waals surface area (Å²) in [5.41, 5.74) is 0.468. The third-order valence-corrected chi connectivity index (χ3v) is 4.50. The first-order valence-corrected chi connectivity index (χ1v) is 8.06. The lowest BCUT2D eigenvalue weighted by Gasteiger charge is -2.28. The van der Waals surface area contributed by atoms with Crippen LogP contribution < -0.4 is 10.6 Å². The second kappa shape index (κ2) is 5.99. The molecule has 2 aromatic heterocycles. The summed E-state index contributed by atoms with van der Waals surface area (Å²) in [6, 6.07) is 4.45. The summed E-state index contributed by atoms with van der Waals surface area (Å²) in [5, 5.41) is 8.97. The average molecular weight is 305 g/mol. The number of amides is 1. The third-order valence-electron chi connectivity index (χ3n) is 3.65. The molecule has 1 aliphatic heterocycles. The Bertz CT molecular complexity index is 634. The smallest absolute Gasteiger partial charge is 0.270 e. The van der Waals surface area contributed by atoms with Crippen molar-refractivity contribution in [3.63, 3.8) is 0 Å². The molecule has 2 atom stereocenters.